The minimum Gasteiger partial charge on any atom is -0.489 e. The van der Waals surface area contributed by atoms with E-state index < -0.39 is 0 Å². The van der Waals surface area contributed by atoms with Crippen molar-refractivity contribution >= 4 is 17.3 Å². The van der Waals surface area contributed by atoms with Gasteiger partial charge in [-0.2, -0.15) is 0 Å². The summed E-state index contributed by atoms with van der Waals surface area (Å²) in [5.74, 6) is 0.696. The van der Waals surface area contributed by atoms with E-state index in [-0.39, 0.29) is 5.91 Å². The molecule has 0 unspecified atom stereocenters. The largest absolute Gasteiger partial charge is 0.489 e. The second-order valence-electron chi connectivity index (χ2n) is 6.99. The Kier molecular flexibility index (Phi) is 7.28. The maximum atomic E-state index is 12.8. The van der Waals surface area contributed by atoms with Crippen molar-refractivity contribution in [1.82, 2.24) is 0 Å². The summed E-state index contributed by atoms with van der Waals surface area (Å²) in [6.45, 7) is 3.64. The number of hydrogen-bond donors (Lipinski definition) is 1. The molecule has 0 spiro atoms. The molecule has 3 aromatic carbocycles. The van der Waals surface area contributed by atoms with Crippen LogP contribution in [0.3, 0.4) is 0 Å². The molecule has 3 aromatic rings. The van der Waals surface area contributed by atoms with Gasteiger partial charge in [-0.3, -0.25) is 4.79 Å². The van der Waals surface area contributed by atoms with Crippen LogP contribution in [-0.4, -0.2) is 19.5 Å². The fourth-order valence-electron chi connectivity index (χ4n) is 2.96. The van der Waals surface area contributed by atoms with Gasteiger partial charge in [0.25, 0.3) is 5.91 Å². The SMILES string of the molecule is CCCCNc1ccc(N(C)C(=O)c2ccc(OCc3ccccc3)cc2)cc1. The van der Waals surface area contributed by atoms with Crippen molar-refractivity contribution in [3.05, 3.63) is 90.0 Å². The monoisotopic (exact) mass is 388 g/mol. The van der Waals surface area contributed by atoms with Gasteiger partial charge in [0, 0.05) is 30.5 Å². The van der Waals surface area contributed by atoms with E-state index in [2.05, 4.69) is 12.2 Å². The predicted molar refractivity (Wildman–Crippen MR) is 120 cm³/mol. The first kappa shape index (κ1) is 20.5. The van der Waals surface area contributed by atoms with Gasteiger partial charge < -0.3 is 15.0 Å². The van der Waals surface area contributed by atoms with Gasteiger partial charge in [-0.05, 0) is 60.5 Å². The van der Waals surface area contributed by atoms with Gasteiger partial charge in [-0.25, -0.2) is 0 Å². The Hall–Kier alpha value is -3.27. The number of hydrogen-bond acceptors (Lipinski definition) is 3. The van der Waals surface area contributed by atoms with E-state index in [1.807, 2.05) is 66.7 Å². The lowest BCUT2D eigenvalue weighted by atomic mass is 10.1. The number of nitrogens with one attached hydrogen (secondary N) is 1. The number of nitrogens with zero attached hydrogens (tertiary/aromatic N) is 1. The summed E-state index contributed by atoms with van der Waals surface area (Å²) in [6.07, 6.45) is 2.31. The van der Waals surface area contributed by atoms with Crippen molar-refractivity contribution in [2.45, 2.75) is 26.4 Å². The van der Waals surface area contributed by atoms with E-state index in [0.29, 0.717) is 12.2 Å². The van der Waals surface area contributed by atoms with Crippen LogP contribution in [0.2, 0.25) is 0 Å². The van der Waals surface area contributed by atoms with E-state index in [9.17, 15) is 4.79 Å². The number of anilines is 2. The van der Waals surface area contributed by atoms with Crippen LogP contribution in [-0.2, 0) is 6.61 Å². The first-order valence-corrected chi connectivity index (χ1v) is 10.1. The molecule has 0 heterocycles. The number of unbranched alkanes of at least 4 members (excludes halogenated alkanes) is 1. The zero-order valence-electron chi connectivity index (χ0n) is 17.1. The molecule has 0 aromatic heterocycles. The molecule has 0 atom stereocenters. The van der Waals surface area contributed by atoms with Gasteiger partial charge in [0.05, 0.1) is 0 Å². The second kappa shape index (κ2) is 10.3. The third-order valence-electron chi connectivity index (χ3n) is 4.77. The third-order valence-corrected chi connectivity index (χ3v) is 4.77. The van der Waals surface area contributed by atoms with Gasteiger partial charge in [-0.15, -0.1) is 0 Å². The smallest absolute Gasteiger partial charge is 0.258 e. The third kappa shape index (κ3) is 5.85. The summed E-state index contributed by atoms with van der Waals surface area (Å²) in [5.41, 5.74) is 3.67. The highest BCUT2D eigenvalue weighted by molar-refractivity contribution is 6.05. The van der Waals surface area contributed by atoms with Crippen LogP contribution >= 0.6 is 0 Å². The highest BCUT2D eigenvalue weighted by atomic mass is 16.5. The number of carbonyl (C=O) groups is 1. The summed E-state index contributed by atoms with van der Waals surface area (Å²) in [4.78, 5) is 14.5. The fourth-order valence-corrected chi connectivity index (χ4v) is 2.96. The first-order valence-electron chi connectivity index (χ1n) is 10.1. The average Bonchev–Trinajstić information content (AvgIpc) is 2.78. The average molecular weight is 389 g/mol. The zero-order valence-corrected chi connectivity index (χ0v) is 17.1. The predicted octanol–water partition coefficient (Wildman–Crippen LogP) is 5.75. The van der Waals surface area contributed by atoms with Crippen molar-refractivity contribution in [3.8, 4) is 5.75 Å². The molecule has 1 N–H and O–H groups in total. The van der Waals surface area contributed by atoms with Gasteiger partial charge in [-0.1, -0.05) is 43.7 Å². The summed E-state index contributed by atoms with van der Waals surface area (Å²) in [5, 5.41) is 3.39. The van der Waals surface area contributed by atoms with Crippen LogP contribution in [0.5, 0.6) is 5.75 Å². The summed E-state index contributed by atoms with van der Waals surface area (Å²) in [6, 6.07) is 25.2. The molecular weight excluding hydrogens is 360 g/mol. The number of benzene rings is 3. The van der Waals surface area contributed by atoms with Crippen molar-refractivity contribution < 1.29 is 9.53 Å². The van der Waals surface area contributed by atoms with E-state index >= 15 is 0 Å². The molecule has 0 saturated carbocycles. The van der Waals surface area contributed by atoms with Gasteiger partial charge >= 0.3 is 0 Å². The van der Waals surface area contributed by atoms with Crippen LogP contribution in [0.25, 0.3) is 0 Å². The highest BCUT2D eigenvalue weighted by Gasteiger charge is 2.13. The van der Waals surface area contributed by atoms with E-state index in [1.165, 1.54) is 6.42 Å². The minimum absolute atomic E-state index is 0.0497. The maximum Gasteiger partial charge on any atom is 0.258 e. The minimum atomic E-state index is -0.0497. The van der Waals surface area contributed by atoms with Crippen LogP contribution in [0.4, 0.5) is 11.4 Å². The van der Waals surface area contributed by atoms with Crippen molar-refractivity contribution in [1.29, 1.82) is 0 Å². The topological polar surface area (TPSA) is 41.6 Å². The molecule has 150 valence electrons. The first-order chi connectivity index (χ1) is 14.2. The molecular formula is C25H28N2O2. The molecule has 0 aliphatic carbocycles. The Morgan fingerprint density at radius 3 is 2.28 bits per heavy atom. The van der Waals surface area contributed by atoms with Gasteiger partial charge in [0.1, 0.15) is 12.4 Å². The van der Waals surface area contributed by atoms with Gasteiger partial charge in [0.2, 0.25) is 0 Å². The molecule has 0 fully saturated rings. The van der Waals surface area contributed by atoms with Gasteiger partial charge in [0.15, 0.2) is 0 Å². The summed E-state index contributed by atoms with van der Waals surface area (Å²) < 4.78 is 5.79. The zero-order chi connectivity index (χ0) is 20.5. The number of carbonyl (C=O) groups excluding carboxylic acids is 1. The molecule has 4 heteroatoms. The second-order valence-corrected chi connectivity index (χ2v) is 6.99. The van der Waals surface area contributed by atoms with Crippen LogP contribution in [0.15, 0.2) is 78.9 Å². The Morgan fingerprint density at radius 1 is 0.931 bits per heavy atom. The Labute approximate surface area is 173 Å². The number of amides is 1. The molecule has 0 saturated heterocycles. The lowest BCUT2D eigenvalue weighted by molar-refractivity contribution is 0.0993. The molecule has 0 bridgehead atoms. The Bertz CT molecular complexity index is 890. The molecule has 0 aliphatic heterocycles. The fraction of sp³-hybridized carbons (Fsp3) is 0.240. The molecule has 0 radical (unpaired) electrons. The molecule has 0 aliphatic rings. The molecule has 29 heavy (non-hydrogen) atoms. The number of ether oxygens (including phenoxy) is 1. The van der Waals surface area contributed by atoms with Crippen LogP contribution < -0.4 is 15.0 Å². The Balaban J connectivity index is 1.57. The van der Waals surface area contributed by atoms with Crippen LogP contribution in [0, 0.1) is 0 Å². The van der Waals surface area contributed by atoms with E-state index in [4.69, 9.17) is 4.74 Å². The summed E-state index contributed by atoms with van der Waals surface area (Å²) in [7, 11) is 1.79. The normalized spacial score (nSPS) is 10.4. The summed E-state index contributed by atoms with van der Waals surface area (Å²) >= 11 is 0. The standard InChI is InChI=1S/C25H28N2O2/c1-3-4-18-26-22-12-14-23(15-13-22)27(2)25(28)21-10-16-24(17-11-21)29-19-20-8-6-5-7-9-20/h5-17,26H,3-4,18-19H2,1-2H3. The maximum absolute atomic E-state index is 12.8. The van der Waals surface area contributed by atoms with Crippen molar-refractivity contribution in [2.24, 2.45) is 0 Å². The molecule has 1 amide bonds. The highest BCUT2D eigenvalue weighted by Crippen LogP contribution is 2.20. The van der Waals surface area contributed by atoms with Crippen molar-refractivity contribution in [3.63, 3.8) is 0 Å². The quantitative estimate of drug-likeness (QED) is 0.474. The molecule has 3 rings (SSSR count). The lowest BCUT2D eigenvalue weighted by Crippen LogP contribution is -2.26. The van der Waals surface area contributed by atoms with E-state index in [1.54, 1.807) is 24.1 Å². The lowest BCUT2D eigenvalue weighted by Gasteiger charge is -2.18. The van der Waals surface area contributed by atoms with Crippen LogP contribution in [0.1, 0.15) is 35.7 Å². The van der Waals surface area contributed by atoms with E-state index in [0.717, 1.165) is 35.7 Å². The van der Waals surface area contributed by atoms with Crippen molar-refractivity contribution in [2.75, 3.05) is 23.8 Å². The molecule has 4 nitrogen and oxygen atoms in total. The number of rotatable bonds is 9. The Morgan fingerprint density at radius 2 is 1.62 bits per heavy atom.